The van der Waals surface area contributed by atoms with E-state index in [-0.39, 0.29) is 23.4 Å². The lowest BCUT2D eigenvalue weighted by atomic mass is 10.1. The second-order valence-corrected chi connectivity index (χ2v) is 7.76. The molecule has 7 heteroatoms. The fourth-order valence-corrected chi connectivity index (χ4v) is 3.61. The van der Waals surface area contributed by atoms with Crippen molar-refractivity contribution in [3.63, 3.8) is 0 Å². The van der Waals surface area contributed by atoms with Crippen LogP contribution in [0.3, 0.4) is 0 Å². The van der Waals surface area contributed by atoms with Gasteiger partial charge in [-0.2, -0.15) is 0 Å². The Balaban J connectivity index is 2.03. The van der Waals surface area contributed by atoms with Crippen molar-refractivity contribution in [2.75, 3.05) is 12.3 Å². The lowest BCUT2D eigenvalue weighted by Gasteiger charge is -2.28. The molecule has 1 atom stereocenters. The summed E-state index contributed by atoms with van der Waals surface area (Å²) in [6.45, 7) is 4.40. The van der Waals surface area contributed by atoms with Crippen LogP contribution in [0, 0.1) is 5.82 Å². The van der Waals surface area contributed by atoms with E-state index >= 15 is 0 Å². The van der Waals surface area contributed by atoms with Crippen LogP contribution in [0.1, 0.15) is 25.0 Å². The zero-order valence-corrected chi connectivity index (χ0v) is 17.5. The molecule has 0 spiro atoms. The summed E-state index contributed by atoms with van der Waals surface area (Å²) in [4.78, 5) is 26.7. The normalized spacial score (nSPS) is 11.7. The molecule has 150 valence electrons. The van der Waals surface area contributed by atoms with Gasteiger partial charge in [-0.05, 0) is 49.2 Å². The van der Waals surface area contributed by atoms with E-state index in [4.69, 9.17) is 11.6 Å². The van der Waals surface area contributed by atoms with Crippen LogP contribution in [-0.4, -0.2) is 35.1 Å². The number of nitrogens with zero attached hydrogens (tertiary/aromatic N) is 1. The molecule has 0 aliphatic rings. The zero-order chi connectivity index (χ0) is 20.5. The highest BCUT2D eigenvalue weighted by Crippen LogP contribution is 2.17. The van der Waals surface area contributed by atoms with Crippen molar-refractivity contribution in [2.24, 2.45) is 0 Å². The predicted octanol–water partition coefficient (Wildman–Crippen LogP) is 4.27. The minimum Gasteiger partial charge on any atom is -0.355 e. The number of thioether (sulfide) groups is 1. The first kappa shape index (κ1) is 22.2. The van der Waals surface area contributed by atoms with E-state index in [9.17, 15) is 14.0 Å². The molecule has 2 rings (SSSR count). The van der Waals surface area contributed by atoms with Crippen LogP contribution >= 0.6 is 23.4 Å². The molecule has 0 fully saturated rings. The van der Waals surface area contributed by atoms with Gasteiger partial charge in [0.25, 0.3) is 0 Å². The molecule has 0 heterocycles. The molecule has 2 aromatic rings. The topological polar surface area (TPSA) is 49.4 Å². The standard InChI is InChI=1S/C21H24ClFN2O2S/c1-3-24-21(27)15(2)25(12-16-4-8-18(22)9-5-16)20(26)14-28-13-17-6-10-19(23)11-7-17/h4-11,15H,3,12-14H2,1-2H3,(H,24,27)/t15-/m1/s1. The lowest BCUT2D eigenvalue weighted by molar-refractivity contribution is -0.138. The van der Waals surface area contributed by atoms with Crippen LogP contribution < -0.4 is 5.32 Å². The van der Waals surface area contributed by atoms with Crippen molar-refractivity contribution in [2.45, 2.75) is 32.2 Å². The van der Waals surface area contributed by atoms with E-state index in [0.29, 0.717) is 23.9 Å². The number of hydrogen-bond acceptors (Lipinski definition) is 3. The minimum atomic E-state index is -0.588. The van der Waals surface area contributed by atoms with Crippen molar-refractivity contribution in [1.29, 1.82) is 0 Å². The first-order valence-corrected chi connectivity index (χ1v) is 10.6. The Hall–Kier alpha value is -2.05. The molecule has 0 radical (unpaired) electrons. The van der Waals surface area contributed by atoms with Crippen LogP contribution in [0.2, 0.25) is 5.02 Å². The third kappa shape index (κ3) is 6.84. The van der Waals surface area contributed by atoms with E-state index in [0.717, 1.165) is 11.1 Å². The third-order valence-electron chi connectivity index (χ3n) is 4.19. The number of likely N-dealkylation sites (N-methyl/N-ethyl adjacent to an activating group) is 1. The lowest BCUT2D eigenvalue weighted by Crippen LogP contribution is -2.48. The largest absolute Gasteiger partial charge is 0.355 e. The molecular formula is C21H24ClFN2O2S. The monoisotopic (exact) mass is 422 g/mol. The van der Waals surface area contributed by atoms with Crippen LogP contribution in [0.5, 0.6) is 0 Å². The van der Waals surface area contributed by atoms with Gasteiger partial charge in [0, 0.05) is 23.9 Å². The van der Waals surface area contributed by atoms with Gasteiger partial charge in [0.15, 0.2) is 0 Å². The molecule has 2 aromatic carbocycles. The van der Waals surface area contributed by atoms with Crippen LogP contribution in [0.15, 0.2) is 48.5 Å². The fourth-order valence-electron chi connectivity index (χ4n) is 2.61. The molecule has 0 saturated heterocycles. The molecule has 4 nitrogen and oxygen atoms in total. The average molecular weight is 423 g/mol. The Morgan fingerprint density at radius 2 is 1.71 bits per heavy atom. The summed E-state index contributed by atoms with van der Waals surface area (Å²) in [5.41, 5.74) is 1.85. The zero-order valence-electron chi connectivity index (χ0n) is 16.0. The highest BCUT2D eigenvalue weighted by atomic mass is 35.5. The van der Waals surface area contributed by atoms with Crippen molar-refractivity contribution >= 4 is 35.2 Å². The van der Waals surface area contributed by atoms with Gasteiger partial charge in [0.1, 0.15) is 11.9 Å². The predicted molar refractivity (Wildman–Crippen MR) is 113 cm³/mol. The number of halogens is 2. The van der Waals surface area contributed by atoms with Crippen LogP contribution in [0.25, 0.3) is 0 Å². The van der Waals surface area contributed by atoms with Gasteiger partial charge in [-0.25, -0.2) is 4.39 Å². The Morgan fingerprint density at radius 1 is 1.11 bits per heavy atom. The summed E-state index contributed by atoms with van der Waals surface area (Å²) < 4.78 is 13.0. The van der Waals surface area contributed by atoms with Crippen molar-refractivity contribution in [1.82, 2.24) is 10.2 Å². The van der Waals surface area contributed by atoms with Crippen molar-refractivity contribution in [3.8, 4) is 0 Å². The molecular weight excluding hydrogens is 399 g/mol. The molecule has 0 unspecified atom stereocenters. The molecule has 28 heavy (non-hydrogen) atoms. The summed E-state index contributed by atoms with van der Waals surface area (Å²) in [6.07, 6.45) is 0. The first-order chi connectivity index (χ1) is 13.4. The Bertz CT molecular complexity index is 784. The quantitative estimate of drug-likeness (QED) is 0.656. The number of carbonyl (C=O) groups is 2. The van der Waals surface area contributed by atoms with Gasteiger partial charge in [0.05, 0.1) is 5.75 Å². The van der Waals surface area contributed by atoms with Gasteiger partial charge in [0.2, 0.25) is 11.8 Å². The Labute approximate surface area is 174 Å². The SMILES string of the molecule is CCNC(=O)[C@@H](C)N(Cc1ccc(Cl)cc1)C(=O)CSCc1ccc(F)cc1. The molecule has 0 bridgehead atoms. The summed E-state index contributed by atoms with van der Waals surface area (Å²) in [7, 11) is 0. The number of carbonyl (C=O) groups excluding carboxylic acids is 2. The molecule has 0 aliphatic heterocycles. The molecule has 0 aromatic heterocycles. The third-order valence-corrected chi connectivity index (χ3v) is 5.43. The number of hydrogen-bond donors (Lipinski definition) is 1. The maximum atomic E-state index is 13.0. The van der Waals surface area contributed by atoms with Gasteiger partial charge < -0.3 is 10.2 Å². The number of nitrogens with one attached hydrogen (secondary N) is 1. The maximum Gasteiger partial charge on any atom is 0.242 e. The highest BCUT2D eigenvalue weighted by Gasteiger charge is 2.25. The second kappa shape index (κ2) is 11.1. The summed E-state index contributed by atoms with van der Waals surface area (Å²) in [5, 5.41) is 3.39. The number of amides is 2. The van der Waals surface area contributed by atoms with E-state index in [1.165, 1.54) is 23.9 Å². The Kier molecular flexibility index (Phi) is 8.80. The van der Waals surface area contributed by atoms with Crippen LogP contribution in [-0.2, 0) is 21.9 Å². The van der Waals surface area contributed by atoms with E-state index in [1.807, 2.05) is 19.1 Å². The first-order valence-electron chi connectivity index (χ1n) is 9.04. The number of benzene rings is 2. The van der Waals surface area contributed by atoms with Gasteiger partial charge in [-0.3, -0.25) is 9.59 Å². The van der Waals surface area contributed by atoms with Crippen molar-refractivity contribution < 1.29 is 14.0 Å². The highest BCUT2D eigenvalue weighted by molar-refractivity contribution is 7.99. The molecule has 1 N–H and O–H groups in total. The number of rotatable bonds is 9. The summed E-state index contributed by atoms with van der Waals surface area (Å²) in [6, 6.07) is 12.8. The van der Waals surface area contributed by atoms with E-state index < -0.39 is 6.04 Å². The molecule has 2 amide bonds. The Morgan fingerprint density at radius 3 is 2.32 bits per heavy atom. The summed E-state index contributed by atoms with van der Waals surface area (Å²) in [5.74, 6) is 0.231. The van der Waals surface area contributed by atoms with Gasteiger partial charge in [-0.1, -0.05) is 35.9 Å². The fraction of sp³-hybridized carbons (Fsp3) is 0.333. The molecule has 0 aliphatic carbocycles. The van der Waals surface area contributed by atoms with Crippen molar-refractivity contribution in [3.05, 3.63) is 70.5 Å². The van der Waals surface area contributed by atoms with Crippen LogP contribution in [0.4, 0.5) is 4.39 Å². The summed E-state index contributed by atoms with van der Waals surface area (Å²) >= 11 is 7.37. The molecule has 0 saturated carbocycles. The maximum absolute atomic E-state index is 13.0. The smallest absolute Gasteiger partial charge is 0.242 e. The van der Waals surface area contributed by atoms with E-state index in [1.54, 1.807) is 36.1 Å². The van der Waals surface area contributed by atoms with Gasteiger partial charge in [-0.15, -0.1) is 11.8 Å². The average Bonchev–Trinajstić information content (AvgIpc) is 2.68. The van der Waals surface area contributed by atoms with Gasteiger partial charge >= 0.3 is 0 Å². The second-order valence-electron chi connectivity index (χ2n) is 6.34. The van der Waals surface area contributed by atoms with E-state index in [2.05, 4.69) is 5.32 Å². The minimum absolute atomic E-state index is 0.124.